The lowest BCUT2D eigenvalue weighted by Crippen LogP contribution is -2.42. The van der Waals surface area contributed by atoms with Crippen LogP contribution in [-0.2, 0) is 4.74 Å². The van der Waals surface area contributed by atoms with Crippen LogP contribution in [0, 0.1) is 18.8 Å². The number of benzene rings is 1. The first-order chi connectivity index (χ1) is 14.5. The molecule has 1 saturated carbocycles. The van der Waals surface area contributed by atoms with E-state index >= 15 is 0 Å². The average molecular weight is 413 g/mol. The van der Waals surface area contributed by atoms with Gasteiger partial charge in [0.2, 0.25) is 5.95 Å². The van der Waals surface area contributed by atoms with Crippen LogP contribution in [0.2, 0.25) is 0 Å². The molecule has 2 aromatic rings. The topological polar surface area (TPSA) is 94.0 Å². The first kappa shape index (κ1) is 20.4. The maximum Gasteiger partial charge on any atom is 0.356 e. The maximum atomic E-state index is 11.8. The van der Waals surface area contributed by atoms with Crippen molar-refractivity contribution in [3.05, 3.63) is 41.7 Å². The maximum absolute atomic E-state index is 11.8. The van der Waals surface area contributed by atoms with Crippen molar-refractivity contribution < 1.29 is 24.1 Å². The van der Waals surface area contributed by atoms with E-state index in [1.807, 2.05) is 25.1 Å². The summed E-state index contributed by atoms with van der Waals surface area (Å²) < 4.78 is 16.4. The Morgan fingerprint density at radius 1 is 1.13 bits per heavy atom. The fraction of sp³-hybridized carbons (Fsp3) is 0.500. The van der Waals surface area contributed by atoms with Crippen molar-refractivity contribution in [1.82, 2.24) is 9.97 Å². The predicted molar refractivity (Wildman–Crippen MR) is 110 cm³/mol. The zero-order valence-corrected chi connectivity index (χ0v) is 17.4. The first-order valence-electron chi connectivity index (χ1n) is 10.1. The van der Waals surface area contributed by atoms with Gasteiger partial charge < -0.3 is 24.2 Å². The van der Waals surface area contributed by atoms with Crippen LogP contribution < -0.4 is 14.4 Å². The van der Waals surface area contributed by atoms with Crippen LogP contribution in [0.5, 0.6) is 11.5 Å². The van der Waals surface area contributed by atoms with Gasteiger partial charge in [-0.1, -0.05) is 6.07 Å². The highest BCUT2D eigenvalue weighted by Crippen LogP contribution is 2.40. The van der Waals surface area contributed by atoms with Gasteiger partial charge in [-0.15, -0.1) is 0 Å². The Labute approximate surface area is 175 Å². The molecule has 0 unspecified atom stereocenters. The van der Waals surface area contributed by atoms with E-state index in [1.54, 1.807) is 19.4 Å². The fourth-order valence-electron chi connectivity index (χ4n) is 4.43. The molecule has 4 atom stereocenters. The molecule has 8 nitrogen and oxygen atoms in total. The molecule has 0 bridgehead atoms. The second kappa shape index (κ2) is 8.47. The summed E-state index contributed by atoms with van der Waals surface area (Å²) in [4.78, 5) is 22.5. The lowest BCUT2D eigenvalue weighted by molar-refractivity contribution is -0.0240. The largest absolute Gasteiger partial charge is 0.493 e. The molecule has 4 rings (SSSR count). The zero-order valence-electron chi connectivity index (χ0n) is 17.4. The van der Waals surface area contributed by atoms with Crippen LogP contribution >= 0.6 is 0 Å². The van der Waals surface area contributed by atoms with Gasteiger partial charge in [-0.05, 0) is 55.4 Å². The molecule has 0 amide bonds. The summed E-state index contributed by atoms with van der Waals surface area (Å²) in [5.74, 6) is 2.02. The van der Waals surface area contributed by atoms with Crippen molar-refractivity contribution in [3.8, 4) is 11.5 Å². The Kier molecular flexibility index (Phi) is 5.76. The number of carbonyl (C=O) groups excluding carboxylic acids is 1. The fourth-order valence-corrected chi connectivity index (χ4v) is 4.43. The smallest absolute Gasteiger partial charge is 0.356 e. The van der Waals surface area contributed by atoms with Crippen molar-refractivity contribution in [2.24, 2.45) is 11.8 Å². The van der Waals surface area contributed by atoms with Gasteiger partial charge in [-0.3, -0.25) is 0 Å². The standard InChI is InChI=1S/C22H27N3O5/c1-13-4-5-18(20(8-13)28-2)30-19-10-15-12-25(11-14(15)9-17(19)26)22-23-7-6-16(24-22)21(27)29-3/h4-8,14-15,17,19,26H,9-12H2,1-3H3/t14-,15+,17+,19+/m0/s1. The van der Waals surface area contributed by atoms with Gasteiger partial charge in [0, 0.05) is 19.3 Å². The number of fused-ring (bicyclic) bond motifs is 1. The summed E-state index contributed by atoms with van der Waals surface area (Å²) in [6.45, 7) is 3.50. The minimum Gasteiger partial charge on any atom is -0.493 e. The summed E-state index contributed by atoms with van der Waals surface area (Å²) in [5, 5.41) is 10.7. The van der Waals surface area contributed by atoms with E-state index in [0.29, 0.717) is 35.7 Å². The number of aliphatic hydroxyl groups excluding tert-OH is 1. The molecule has 1 saturated heterocycles. The van der Waals surface area contributed by atoms with Crippen LogP contribution in [0.3, 0.4) is 0 Å². The Balaban J connectivity index is 1.46. The molecule has 1 aromatic heterocycles. The van der Waals surface area contributed by atoms with Gasteiger partial charge in [-0.2, -0.15) is 0 Å². The van der Waals surface area contributed by atoms with Crippen molar-refractivity contribution in [1.29, 1.82) is 0 Å². The number of carbonyl (C=O) groups is 1. The molecule has 1 aromatic carbocycles. The molecule has 2 aliphatic rings. The van der Waals surface area contributed by atoms with Gasteiger partial charge >= 0.3 is 5.97 Å². The highest BCUT2D eigenvalue weighted by Gasteiger charge is 2.43. The third kappa shape index (κ3) is 4.05. The number of methoxy groups -OCH3 is 2. The number of aromatic nitrogens is 2. The number of hydrogen-bond acceptors (Lipinski definition) is 8. The van der Waals surface area contributed by atoms with Gasteiger partial charge in [0.25, 0.3) is 0 Å². The van der Waals surface area contributed by atoms with E-state index in [-0.39, 0.29) is 11.8 Å². The lowest BCUT2D eigenvalue weighted by atomic mass is 9.78. The minimum absolute atomic E-state index is 0.241. The number of hydrogen-bond donors (Lipinski definition) is 1. The normalized spacial score (nSPS) is 25.5. The number of ether oxygens (including phenoxy) is 3. The molecule has 1 N–H and O–H groups in total. The van der Waals surface area contributed by atoms with Crippen LogP contribution in [0.1, 0.15) is 28.9 Å². The highest BCUT2D eigenvalue weighted by molar-refractivity contribution is 5.87. The quantitative estimate of drug-likeness (QED) is 0.746. The summed E-state index contributed by atoms with van der Waals surface area (Å²) in [5.41, 5.74) is 1.33. The summed E-state index contributed by atoms with van der Waals surface area (Å²) in [6.07, 6.45) is 2.10. The van der Waals surface area contributed by atoms with E-state index in [4.69, 9.17) is 14.2 Å². The summed E-state index contributed by atoms with van der Waals surface area (Å²) in [6, 6.07) is 7.33. The number of rotatable bonds is 5. The van der Waals surface area contributed by atoms with Crippen LogP contribution in [0.15, 0.2) is 30.5 Å². The Bertz CT molecular complexity index is 921. The van der Waals surface area contributed by atoms with E-state index in [0.717, 1.165) is 25.1 Å². The molecule has 30 heavy (non-hydrogen) atoms. The number of anilines is 1. The lowest BCUT2D eigenvalue weighted by Gasteiger charge is -2.35. The summed E-state index contributed by atoms with van der Waals surface area (Å²) >= 11 is 0. The van der Waals surface area contributed by atoms with Gasteiger partial charge in [0.05, 0.1) is 20.3 Å². The van der Waals surface area contributed by atoms with Crippen molar-refractivity contribution in [3.63, 3.8) is 0 Å². The SMILES string of the molecule is COC(=O)c1ccnc(N2C[C@H]3C[C@@H](Oc4ccc(C)cc4OC)[C@H](O)C[C@H]3C2)n1. The van der Waals surface area contributed by atoms with E-state index in [9.17, 15) is 9.90 Å². The predicted octanol–water partition coefficient (Wildman–Crippen LogP) is 2.23. The second-order valence-electron chi connectivity index (χ2n) is 8.01. The molecule has 2 fully saturated rings. The van der Waals surface area contributed by atoms with E-state index in [1.165, 1.54) is 7.11 Å². The van der Waals surface area contributed by atoms with Crippen molar-refractivity contribution >= 4 is 11.9 Å². The molecule has 0 spiro atoms. The Hall–Kier alpha value is -2.87. The molecule has 0 radical (unpaired) electrons. The van der Waals surface area contributed by atoms with E-state index < -0.39 is 12.1 Å². The molecular weight excluding hydrogens is 386 g/mol. The number of esters is 1. The molecular formula is C22H27N3O5. The minimum atomic E-state index is -0.556. The number of aryl methyl sites for hydroxylation is 1. The highest BCUT2D eigenvalue weighted by atomic mass is 16.5. The van der Waals surface area contributed by atoms with Crippen LogP contribution in [-0.4, -0.2) is 60.6 Å². The third-order valence-electron chi connectivity index (χ3n) is 6.00. The van der Waals surface area contributed by atoms with E-state index in [2.05, 4.69) is 14.9 Å². The molecule has 2 heterocycles. The molecule has 1 aliphatic heterocycles. The molecule has 8 heteroatoms. The molecule has 160 valence electrons. The van der Waals surface area contributed by atoms with Gasteiger partial charge in [0.15, 0.2) is 17.2 Å². The second-order valence-corrected chi connectivity index (χ2v) is 8.01. The Morgan fingerprint density at radius 3 is 2.63 bits per heavy atom. The van der Waals surface area contributed by atoms with Gasteiger partial charge in [0.1, 0.15) is 6.10 Å². The average Bonchev–Trinajstić information content (AvgIpc) is 3.17. The number of aliphatic hydroxyl groups is 1. The monoisotopic (exact) mass is 413 g/mol. The first-order valence-corrected chi connectivity index (χ1v) is 10.1. The summed E-state index contributed by atoms with van der Waals surface area (Å²) in [7, 11) is 2.95. The zero-order chi connectivity index (χ0) is 21.3. The molecule has 1 aliphatic carbocycles. The van der Waals surface area contributed by atoms with Gasteiger partial charge in [-0.25, -0.2) is 14.8 Å². The van der Waals surface area contributed by atoms with Crippen LogP contribution in [0.25, 0.3) is 0 Å². The Morgan fingerprint density at radius 2 is 1.90 bits per heavy atom. The van der Waals surface area contributed by atoms with Crippen molar-refractivity contribution in [2.45, 2.75) is 32.0 Å². The number of nitrogens with zero attached hydrogens (tertiary/aromatic N) is 3. The van der Waals surface area contributed by atoms with Crippen molar-refractivity contribution in [2.75, 3.05) is 32.2 Å². The third-order valence-corrected chi connectivity index (χ3v) is 6.00. The van der Waals surface area contributed by atoms with Crippen LogP contribution in [0.4, 0.5) is 5.95 Å².